The molecule has 2 aliphatic heterocycles. The Bertz CT molecular complexity index is 795. The van der Waals surface area contributed by atoms with Crippen LogP contribution in [0.2, 0.25) is 0 Å². The van der Waals surface area contributed by atoms with E-state index in [1.807, 2.05) is 6.07 Å². The zero-order valence-electron chi connectivity index (χ0n) is 17.6. The summed E-state index contributed by atoms with van der Waals surface area (Å²) in [5.74, 6) is 0.706. The van der Waals surface area contributed by atoms with E-state index in [1.54, 1.807) is 4.68 Å². The summed E-state index contributed by atoms with van der Waals surface area (Å²) >= 11 is 0. The number of ether oxygens (including phenoxy) is 1. The van der Waals surface area contributed by atoms with Crippen LogP contribution in [0.4, 0.5) is 0 Å². The van der Waals surface area contributed by atoms with E-state index in [4.69, 9.17) is 4.74 Å². The Labute approximate surface area is 178 Å². The maximum Gasteiger partial charge on any atom is 0.241 e. The fourth-order valence-electron chi connectivity index (χ4n) is 4.53. The van der Waals surface area contributed by atoms with Gasteiger partial charge >= 0.3 is 0 Å². The highest BCUT2D eigenvalue weighted by Gasteiger charge is 2.34. The molecule has 0 aliphatic carbocycles. The minimum Gasteiger partial charge on any atom is -0.381 e. The average Bonchev–Trinajstić information content (AvgIpc) is 3.05. The number of carbonyl (C=O) groups is 1. The summed E-state index contributed by atoms with van der Waals surface area (Å²) in [5.41, 5.74) is 1.18. The van der Waals surface area contributed by atoms with E-state index >= 15 is 0 Å². The van der Waals surface area contributed by atoms with Gasteiger partial charge in [0, 0.05) is 25.2 Å². The maximum absolute atomic E-state index is 12.8. The predicted molar refractivity (Wildman–Crippen MR) is 113 cm³/mol. The SMILES string of the molecule is O=C(Cn1nnnc1CN1CCCCCC1)NCC1(c2ccccc2)CCOCC1. The van der Waals surface area contributed by atoms with Crippen LogP contribution < -0.4 is 5.32 Å². The van der Waals surface area contributed by atoms with Gasteiger partial charge in [0.05, 0.1) is 6.54 Å². The number of tetrazole rings is 1. The van der Waals surface area contributed by atoms with Gasteiger partial charge in [-0.15, -0.1) is 5.10 Å². The molecule has 2 aromatic rings. The largest absolute Gasteiger partial charge is 0.381 e. The number of aromatic nitrogens is 4. The molecule has 4 rings (SSSR count). The summed E-state index contributed by atoms with van der Waals surface area (Å²) in [6.45, 7) is 5.03. The third kappa shape index (κ3) is 5.23. The molecule has 3 heterocycles. The molecule has 0 radical (unpaired) electrons. The van der Waals surface area contributed by atoms with E-state index < -0.39 is 0 Å². The van der Waals surface area contributed by atoms with Crippen LogP contribution in [0.5, 0.6) is 0 Å². The van der Waals surface area contributed by atoms with Crippen LogP contribution in [0.1, 0.15) is 49.9 Å². The second kappa shape index (κ2) is 10.1. The third-order valence-corrected chi connectivity index (χ3v) is 6.42. The first-order chi connectivity index (χ1) is 14.8. The molecule has 2 fully saturated rings. The second-order valence-corrected chi connectivity index (χ2v) is 8.48. The molecule has 8 nitrogen and oxygen atoms in total. The average molecular weight is 413 g/mol. The molecule has 0 unspecified atom stereocenters. The molecule has 1 amide bonds. The number of nitrogens with zero attached hydrogens (tertiary/aromatic N) is 5. The molecule has 1 N–H and O–H groups in total. The van der Waals surface area contributed by atoms with Crippen LogP contribution in [0.25, 0.3) is 0 Å². The molecule has 0 bridgehead atoms. The third-order valence-electron chi connectivity index (χ3n) is 6.42. The smallest absolute Gasteiger partial charge is 0.241 e. The molecule has 0 atom stereocenters. The van der Waals surface area contributed by atoms with E-state index in [9.17, 15) is 4.79 Å². The van der Waals surface area contributed by atoms with Crippen LogP contribution in [0, 0.1) is 0 Å². The number of nitrogens with one attached hydrogen (secondary N) is 1. The number of benzene rings is 1. The van der Waals surface area contributed by atoms with Crippen molar-refractivity contribution in [3.63, 3.8) is 0 Å². The summed E-state index contributed by atoms with van der Waals surface area (Å²) in [6, 6.07) is 10.4. The van der Waals surface area contributed by atoms with Gasteiger partial charge in [-0.3, -0.25) is 9.69 Å². The highest BCUT2D eigenvalue weighted by molar-refractivity contribution is 5.75. The summed E-state index contributed by atoms with van der Waals surface area (Å²) in [6.07, 6.45) is 6.82. The first kappa shape index (κ1) is 20.9. The van der Waals surface area contributed by atoms with Crippen molar-refractivity contribution in [2.75, 3.05) is 32.8 Å². The molecule has 162 valence electrons. The highest BCUT2D eigenvalue weighted by Crippen LogP contribution is 2.34. The Kier molecular flexibility index (Phi) is 7.07. The van der Waals surface area contributed by atoms with E-state index in [1.165, 1.54) is 31.2 Å². The van der Waals surface area contributed by atoms with Crippen molar-refractivity contribution in [2.24, 2.45) is 0 Å². The lowest BCUT2D eigenvalue weighted by atomic mass is 9.74. The predicted octanol–water partition coefficient (Wildman–Crippen LogP) is 1.91. The van der Waals surface area contributed by atoms with E-state index in [2.05, 4.69) is 50.0 Å². The molecule has 1 aromatic carbocycles. The van der Waals surface area contributed by atoms with Gasteiger partial charge in [0.15, 0.2) is 5.82 Å². The zero-order valence-corrected chi connectivity index (χ0v) is 17.6. The standard InChI is InChI=1S/C22H32N6O2/c29-21(17-28-20(24-25-26-28)16-27-12-6-1-2-7-13-27)23-18-22(10-14-30-15-11-22)19-8-4-3-5-9-19/h3-5,8-9H,1-2,6-7,10-18H2,(H,23,29). The molecule has 2 aliphatic rings. The number of rotatable bonds is 7. The molecule has 1 aromatic heterocycles. The van der Waals surface area contributed by atoms with Crippen LogP contribution in [-0.2, 0) is 28.0 Å². The van der Waals surface area contributed by atoms with E-state index in [-0.39, 0.29) is 17.9 Å². The lowest BCUT2D eigenvalue weighted by molar-refractivity contribution is -0.122. The number of amides is 1. The Morgan fingerprint density at radius 1 is 1.07 bits per heavy atom. The van der Waals surface area contributed by atoms with Crippen molar-refractivity contribution in [2.45, 2.75) is 57.0 Å². The zero-order chi connectivity index (χ0) is 20.7. The van der Waals surface area contributed by atoms with Crippen LogP contribution in [0.3, 0.4) is 0 Å². The van der Waals surface area contributed by atoms with Gasteiger partial charge < -0.3 is 10.1 Å². The van der Waals surface area contributed by atoms with Crippen molar-refractivity contribution in [3.8, 4) is 0 Å². The Morgan fingerprint density at radius 3 is 2.53 bits per heavy atom. The minimum atomic E-state index is -0.0787. The van der Waals surface area contributed by atoms with Gasteiger partial charge in [-0.2, -0.15) is 0 Å². The molecular formula is C22H32N6O2. The molecule has 8 heteroatoms. The van der Waals surface area contributed by atoms with Crippen molar-refractivity contribution in [1.29, 1.82) is 0 Å². The Morgan fingerprint density at radius 2 is 1.80 bits per heavy atom. The van der Waals surface area contributed by atoms with Gasteiger partial charge in [-0.1, -0.05) is 43.2 Å². The molecule has 30 heavy (non-hydrogen) atoms. The lowest BCUT2D eigenvalue weighted by Gasteiger charge is -2.38. The molecular weight excluding hydrogens is 380 g/mol. The highest BCUT2D eigenvalue weighted by atomic mass is 16.5. The fourth-order valence-corrected chi connectivity index (χ4v) is 4.53. The van der Waals surface area contributed by atoms with Crippen molar-refractivity contribution >= 4 is 5.91 Å². The molecule has 0 spiro atoms. The summed E-state index contributed by atoms with van der Waals surface area (Å²) < 4.78 is 7.23. The van der Waals surface area contributed by atoms with Gasteiger partial charge in [0.1, 0.15) is 6.54 Å². The summed E-state index contributed by atoms with van der Waals surface area (Å²) in [4.78, 5) is 15.1. The number of hydrogen-bond donors (Lipinski definition) is 1. The van der Waals surface area contributed by atoms with E-state index in [0.29, 0.717) is 13.1 Å². The summed E-state index contributed by atoms with van der Waals surface area (Å²) in [5, 5.41) is 15.2. The fraction of sp³-hybridized carbons (Fsp3) is 0.636. The number of likely N-dealkylation sites (tertiary alicyclic amines) is 1. The molecule has 0 saturated carbocycles. The Balaban J connectivity index is 1.36. The first-order valence-corrected chi connectivity index (χ1v) is 11.1. The number of carbonyl (C=O) groups excluding carboxylic acids is 1. The monoisotopic (exact) mass is 412 g/mol. The molecule has 2 saturated heterocycles. The van der Waals surface area contributed by atoms with Crippen LogP contribution in [-0.4, -0.2) is 63.9 Å². The van der Waals surface area contributed by atoms with E-state index in [0.717, 1.165) is 45.0 Å². The first-order valence-electron chi connectivity index (χ1n) is 11.1. The van der Waals surface area contributed by atoms with Crippen molar-refractivity contribution < 1.29 is 9.53 Å². The second-order valence-electron chi connectivity index (χ2n) is 8.48. The normalized spacial score (nSPS) is 19.9. The van der Waals surface area contributed by atoms with Crippen molar-refractivity contribution in [1.82, 2.24) is 30.4 Å². The van der Waals surface area contributed by atoms with Crippen LogP contribution >= 0.6 is 0 Å². The van der Waals surface area contributed by atoms with Gasteiger partial charge in [-0.25, -0.2) is 4.68 Å². The van der Waals surface area contributed by atoms with Gasteiger partial charge in [-0.05, 0) is 54.8 Å². The Hall–Kier alpha value is -2.32. The minimum absolute atomic E-state index is 0.0544. The van der Waals surface area contributed by atoms with Gasteiger partial charge in [0.2, 0.25) is 5.91 Å². The topological polar surface area (TPSA) is 85.2 Å². The maximum atomic E-state index is 12.8. The van der Waals surface area contributed by atoms with Gasteiger partial charge in [0.25, 0.3) is 0 Å². The van der Waals surface area contributed by atoms with Crippen LogP contribution in [0.15, 0.2) is 30.3 Å². The summed E-state index contributed by atoms with van der Waals surface area (Å²) in [7, 11) is 0. The lowest BCUT2D eigenvalue weighted by Crippen LogP contribution is -2.45. The number of hydrogen-bond acceptors (Lipinski definition) is 6. The quantitative estimate of drug-likeness (QED) is 0.748. The van der Waals surface area contributed by atoms with Crippen molar-refractivity contribution in [3.05, 3.63) is 41.7 Å².